The van der Waals surface area contributed by atoms with E-state index < -0.39 is 0 Å². The molecule has 0 radical (unpaired) electrons. The molecule has 0 fully saturated rings. The first-order chi connectivity index (χ1) is 24.3. The molecule has 0 amide bonds. The summed E-state index contributed by atoms with van der Waals surface area (Å²) in [5.41, 5.74) is 11.4. The zero-order chi connectivity index (χ0) is 32.1. The molecule has 0 aromatic heterocycles. The Kier molecular flexibility index (Phi) is 5.50. The van der Waals surface area contributed by atoms with Crippen LogP contribution in [0.3, 0.4) is 0 Å². The minimum atomic E-state index is 0.0457. The van der Waals surface area contributed by atoms with E-state index in [0.29, 0.717) is 0 Å². The van der Waals surface area contributed by atoms with Gasteiger partial charge in [0.05, 0.1) is 11.4 Å². The summed E-state index contributed by atoms with van der Waals surface area (Å²) in [5, 5.41) is 10.0. The quantitative estimate of drug-likeness (QED) is 0.178. The maximum Gasteiger partial charge on any atom is 0.252 e. The van der Waals surface area contributed by atoms with Gasteiger partial charge in [-0.15, -0.1) is 0 Å². The molecule has 3 heteroatoms. The largest absolute Gasteiger partial charge is 0.311 e. The lowest BCUT2D eigenvalue weighted by molar-refractivity contribution is 1.27. The molecule has 0 aliphatic carbocycles. The van der Waals surface area contributed by atoms with E-state index in [9.17, 15) is 0 Å². The van der Waals surface area contributed by atoms with Crippen molar-refractivity contribution in [2.75, 3.05) is 9.80 Å². The van der Waals surface area contributed by atoms with Crippen LogP contribution < -0.4 is 26.2 Å². The number of hydrogen-bond acceptors (Lipinski definition) is 2. The molecule has 2 aliphatic rings. The van der Waals surface area contributed by atoms with E-state index in [1.54, 1.807) is 0 Å². The van der Waals surface area contributed by atoms with E-state index >= 15 is 0 Å². The van der Waals surface area contributed by atoms with Crippen molar-refractivity contribution in [3.63, 3.8) is 0 Å². The Morgan fingerprint density at radius 1 is 0.286 bits per heavy atom. The van der Waals surface area contributed by atoms with E-state index in [1.165, 1.54) is 93.6 Å². The molecular weight excluding hydrogens is 591 g/mol. The van der Waals surface area contributed by atoms with Crippen molar-refractivity contribution in [2.24, 2.45) is 0 Å². The fourth-order valence-electron chi connectivity index (χ4n) is 8.79. The third-order valence-electron chi connectivity index (χ3n) is 10.8. The van der Waals surface area contributed by atoms with Crippen LogP contribution in [-0.2, 0) is 0 Å². The van der Waals surface area contributed by atoms with E-state index in [1.807, 2.05) is 0 Å². The molecule has 2 aliphatic heterocycles. The lowest BCUT2D eigenvalue weighted by atomic mass is 9.33. The van der Waals surface area contributed by atoms with Crippen molar-refractivity contribution in [2.45, 2.75) is 0 Å². The van der Waals surface area contributed by atoms with E-state index in [-0.39, 0.29) is 6.71 Å². The van der Waals surface area contributed by atoms with Gasteiger partial charge in [0.15, 0.2) is 0 Å². The molecule has 0 bridgehead atoms. The van der Waals surface area contributed by atoms with Crippen molar-refractivity contribution in [3.05, 3.63) is 176 Å². The molecule has 2 nitrogen and oxygen atoms in total. The molecule has 49 heavy (non-hydrogen) atoms. The SMILES string of the molecule is c1cc2c3c(c1)N(c1cccc4ccccc14)c1c(ccc4ccccc14)B3c1c(ccc3ccccc13)N2c1cccc2ccccc12. The molecule has 0 saturated heterocycles. The van der Waals surface area contributed by atoms with Crippen LogP contribution in [0.25, 0.3) is 43.1 Å². The zero-order valence-electron chi connectivity index (χ0n) is 26.7. The molecule has 226 valence electrons. The number of rotatable bonds is 2. The van der Waals surface area contributed by atoms with Crippen molar-refractivity contribution < 1.29 is 0 Å². The number of nitrogens with zero attached hydrogens (tertiary/aromatic N) is 2. The predicted octanol–water partition coefficient (Wildman–Crippen LogP) is 10.4. The Labute approximate surface area is 285 Å². The second kappa shape index (κ2) is 10.1. The third-order valence-corrected chi connectivity index (χ3v) is 10.8. The van der Waals surface area contributed by atoms with Crippen LogP contribution in [0.1, 0.15) is 0 Å². The highest BCUT2D eigenvalue weighted by molar-refractivity contribution is 7.01. The van der Waals surface area contributed by atoms with Gasteiger partial charge in [0, 0.05) is 38.9 Å². The summed E-state index contributed by atoms with van der Waals surface area (Å²) in [4.78, 5) is 5.10. The second-order valence-corrected chi connectivity index (χ2v) is 13.3. The van der Waals surface area contributed by atoms with E-state index in [4.69, 9.17) is 0 Å². The Morgan fingerprint density at radius 3 is 1.39 bits per heavy atom. The highest BCUT2D eigenvalue weighted by Gasteiger charge is 2.44. The van der Waals surface area contributed by atoms with Crippen LogP contribution in [0, 0.1) is 0 Å². The van der Waals surface area contributed by atoms with Gasteiger partial charge in [-0.05, 0) is 73.7 Å². The summed E-state index contributed by atoms with van der Waals surface area (Å²) in [6, 6.07) is 65.1. The molecule has 0 unspecified atom stereocenters. The number of benzene rings is 9. The van der Waals surface area contributed by atoms with Crippen molar-refractivity contribution in [1.29, 1.82) is 0 Å². The van der Waals surface area contributed by atoms with Crippen LogP contribution in [0.5, 0.6) is 0 Å². The predicted molar refractivity (Wildman–Crippen MR) is 210 cm³/mol. The maximum atomic E-state index is 2.56. The molecule has 9 aromatic carbocycles. The molecule has 2 heterocycles. The van der Waals surface area contributed by atoms with Gasteiger partial charge in [-0.3, -0.25) is 0 Å². The third kappa shape index (κ3) is 3.67. The summed E-state index contributed by atoms with van der Waals surface area (Å²) in [6.07, 6.45) is 0. The Bertz CT molecular complexity index is 2810. The summed E-state index contributed by atoms with van der Waals surface area (Å²) in [7, 11) is 0. The van der Waals surface area contributed by atoms with Gasteiger partial charge in [0.1, 0.15) is 0 Å². The first-order valence-corrected chi connectivity index (χ1v) is 17.1. The summed E-state index contributed by atoms with van der Waals surface area (Å²) >= 11 is 0. The second-order valence-electron chi connectivity index (χ2n) is 13.3. The van der Waals surface area contributed by atoms with Gasteiger partial charge >= 0.3 is 0 Å². The number of anilines is 6. The van der Waals surface area contributed by atoms with E-state index in [0.717, 1.165) is 0 Å². The van der Waals surface area contributed by atoms with Crippen molar-refractivity contribution in [1.82, 2.24) is 0 Å². The molecule has 0 atom stereocenters. The highest BCUT2D eigenvalue weighted by Crippen LogP contribution is 2.48. The monoisotopic (exact) mass is 620 g/mol. The topological polar surface area (TPSA) is 6.48 Å². The van der Waals surface area contributed by atoms with E-state index in [2.05, 4.69) is 186 Å². The van der Waals surface area contributed by atoms with Crippen LogP contribution in [0.15, 0.2) is 176 Å². The highest BCUT2D eigenvalue weighted by atomic mass is 15.2. The fraction of sp³-hybridized carbons (Fsp3) is 0. The molecule has 0 N–H and O–H groups in total. The normalized spacial score (nSPS) is 13.2. The first-order valence-electron chi connectivity index (χ1n) is 17.1. The summed E-state index contributed by atoms with van der Waals surface area (Å²) in [6.45, 7) is 0.0457. The average molecular weight is 621 g/mol. The average Bonchev–Trinajstić information content (AvgIpc) is 3.17. The van der Waals surface area contributed by atoms with Gasteiger partial charge in [-0.1, -0.05) is 146 Å². The summed E-state index contributed by atoms with van der Waals surface area (Å²) in [5.74, 6) is 0. The Hall–Kier alpha value is -6.32. The van der Waals surface area contributed by atoms with Crippen LogP contribution in [0.2, 0.25) is 0 Å². The molecular formula is C46H29BN2. The first kappa shape index (κ1) is 26.7. The number of fused-ring (bicyclic) bond motifs is 10. The van der Waals surface area contributed by atoms with Crippen molar-refractivity contribution >= 4 is 100 Å². The Morgan fingerprint density at radius 2 is 0.714 bits per heavy atom. The zero-order valence-corrected chi connectivity index (χ0v) is 26.7. The molecule has 0 spiro atoms. The summed E-state index contributed by atoms with van der Waals surface area (Å²) < 4.78 is 0. The molecule has 0 saturated carbocycles. The van der Waals surface area contributed by atoms with Crippen LogP contribution >= 0.6 is 0 Å². The van der Waals surface area contributed by atoms with Gasteiger partial charge in [0.2, 0.25) is 0 Å². The fourth-order valence-corrected chi connectivity index (χ4v) is 8.79. The van der Waals surface area contributed by atoms with Crippen molar-refractivity contribution in [3.8, 4) is 0 Å². The minimum absolute atomic E-state index is 0.0457. The van der Waals surface area contributed by atoms with Gasteiger partial charge in [-0.2, -0.15) is 0 Å². The minimum Gasteiger partial charge on any atom is -0.311 e. The lowest BCUT2D eigenvalue weighted by Gasteiger charge is -2.45. The molecule has 11 rings (SSSR count). The smallest absolute Gasteiger partial charge is 0.252 e. The Balaban J connectivity index is 1.32. The lowest BCUT2D eigenvalue weighted by Crippen LogP contribution is -2.61. The van der Waals surface area contributed by atoms with Crippen LogP contribution in [0.4, 0.5) is 34.1 Å². The van der Waals surface area contributed by atoms with Crippen LogP contribution in [-0.4, -0.2) is 6.71 Å². The van der Waals surface area contributed by atoms with Gasteiger partial charge in [-0.25, -0.2) is 0 Å². The van der Waals surface area contributed by atoms with Gasteiger partial charge < -0.3 is 9.80 Å². The standard InChI is InChI=1S/C46H29BN2/c1-5-18-34-30(12-1)16-9-22-39(34)48-41-24-11-25-42-45(41)47(44-36-20-7-3-14-32(36)27-29-43(44)48)38-28-26-33-15-4-8-21-37(33)46(38)49(42)40-23-10-17-31-13-2-6-19-35(31)40/h1-29H. The maximum absolute atomic E-state index is 2.56. The molecule has 9 aromatic rings. The van der Waals surface area contributed by atoms with Gasteiger partial charge in [0.25, 0.3) is 6.71 Å². The number of hydrogen-bond donors (Lipinski definition) is 0.